The summed E-state index contributed by atoms with van der Waals surface area (Å²) in [6.07, 6.45) is 4.42. The number of aromatic nitrogens is 3. The van der Waals surface area contributed by atoms with Crippen LogP contribution >= 0.6 is 0 Å². The van der Waals surface area contributed by atoms with Crippen molar-refractivity contribution in [1.29, 1.82) is 0 Å². The van der Waals surface area contributed by atoms with E-state index in [1.54, 1.807) is 17.1 Å². The summed E-state index contributed by atoms with van der Waals surface area (Å²) >= 11 is 0. The lowest BCUT2D eigenvalue weighted by Gasteiger charge is -2.12. The molecule has 8 nitrogen and oxygen atoms in total. The lowest BCUT2D eigenvalue weighted by atomic mass is 10.2. The fraction of sp³-hybridized carbons (Fsp3) is 0.250. The molecule has 4 N–H and O–H groups in total. The predicted octanol–water partition coefficient (Wildman–Crippen LogP) is 1.72. The van der Waals surface area contributed by atoms with Crippen molar-refractivity contribution in [2.75, 3.05) is 18.4 Å². The molecule has 0 spiro atoms. The van der Waals surface area contributed by atoms with E-state index in [1.807, 2.05) is 42.5 Å². The molecule has 0 bridgehead atoms. The molecule has 1 aliphatic rings. The van der Waals surface area contributed by atoms with Crippen LogP contribution in [-0.2, 0) is 6.61 Å². The topological polar surface area (TPSA) is 107 Å². The van der Waals surface area contributed by atoms with Crippen LogP contribution in [0, 0.1) is 0 Å². The van der Waals surface area contributed by atoms with Gasteiger partial charge in [-0.15, -0.1) is 0 Å². The summed E-state index contributed by atoms with van der Waals surface area (Å²) < 4.78 is 7.38. The van der Waals surface area contributed by atoms with Crippen molar-refractivity contribution in [2.24, 2.45) is 5.73 Å². The van der Waals surface area contributed by atoms with Crippen LogP contribution in [0.1, 0.15) is 22.5 Å². The second-order valence-corrected chi connectivity index (χ2v) is 6.66. The first-order valence-corrected chi connectivity index (χ1v) is 9.19. The second kappa shape index (κ2) is 8.10. The summed E-state index contributed by atoms with van der Waals surface area (Å²) in [6.45, 7) is 2.24. The van der Waals surface area contributed by atoms with Gasteiger partial charge in [-0.05, 0) is 24.6 Å². The van der Waals surface area contributed by atoms with Gasteiger partial charge in [-0.1, -0.05) is 30.3 Å². The van der Waals surface area contributed by atoms with Crippen molar-refractivity contribution in [3.8, 4) is 11.4 Å². The first-order valence-electron chi connectivity index (χ1n) is 9.19. The monoisotopic (exact) mass is 378 g/mol. The summed E-state index contributed by atoms with van der Waals surface area (Å²) in [6, 6.07) is 13.8. The van der Waals surface area contributed by atoms with Gasteiger partial charge < -0.3 is 21.1 Å². The summed E-state index contributed by atoms with van der Waals surface area (Å²) in [4.78, 5) is 16.2. The summed E-state index contributed by atoms with van der Waals surface area (Å²) in [7, 11) is 0. The van der Waals surface area contributed by atoms with Crippen LogP contribution in [0.15, 0.2) is 54.9 Å². The van der Waals surface area contributed by atoms with Gasteiger partial charge in [0.15, 0.2) is 11.4 Å². The van der Waals surface area contributed by atoms with Gasteiger partial charge in [0.05, 0.1) is 11.9 Å². The molecule has 0 radical (unpaired) electrons. The number of rotatable bonds is 7. The lowest BCUT2D eigenvalue weighted by Crippen LogP contribution is -2.22. The summed E-state index contributed by atoms with van der Waals surface area (Å²) in [5.41, 5.74) is 7.34. The van der Waals surface area contributed by atoms with Crippen LogP contribution in [0.3, 0.4) is 0 Å². The van der Waals surface area contributed by atoms with E-state index < -0.39 is 5.91 Å². The number of nitrogens with zero attached hydrogens (tertiary/aromatic N) is 3. The number of pyridine rings is 1. The number of amides is 1. The Morgan fingerprint density at radius 2 is 2.18 bits per heavy atom. The molecular formula is C20H22N6O2. The third kappa shape index (κ3) is 4.12. The highest BCUT2D eigenvalue weighted by molar-refractivity contribution is 5.93. The van der Waals surface area contributed by atoms with Gasteiger partial charge in [0, 0.05) is 24.8 Å². The number of hydrogen-bond donors (Lipinski definition) is 3. The number of nitrogens with one attached hydrogen (secondary N) is 2. The highest BCUT2D eigenvalue weighted by atomic mass is 16.5. The van der Waals surface area contributed by atoms with Crippen LogP contribution in [0.4, 0.5) is 5.82 Å². The number of anilines is 1. The second-order valence-electron chi connectivity index (χ2n) is 6.66. The molecule has 4 rings (SSSR count). The molecule has 0 aliphatic carbocycles. The largest absolute Gasteiger partial charge is 0.485 e. The normalized spacial score (nSPS) is 16.1. The van der Waals surface area contributed by atoms with Crippen molar-refractivity contribution in [3.05, 3.63) is 66.1 Å². The molecular weight excluding hydrogens is 356 g/mol. The van der Waals surface area contributed by atoms with Gasteiger partial charge in [0.1, 0.15) is 12.4 Å². The Kier molecular flexibility index (Phi) is 5.20. The van der Waals surface area contributed by atoms with Crippen LogP contribution in [0.25, 0.3) is 5.69 Å². The Morgan fingerprint density at radius 1 is 1.32 bits per heavy atom. The van der Waals surface area contributed by atoms with Gasteiger partial charge in [-0.3, -0.25) is 4.79 Å². The Morgan fingerprint density at radius 3 is 2.93 bits per heavy atom. The molecule has 0 saturated carbocycles. The average molecular weight is 378 g/mol. The van der Waals surface area contributed by atoms with Crippen molar-refractivity contribution in [1.82, 2.24) is 20.1 Å². The number of hydrogen-bond acceptors (Lipinski definition) is 6. The number of nitrogens with two attached hydrogens (primary N) is 1. The minimum Gasteiger partial charge on any atom is -0.485 e. The Bertz CT molecular complexity index is 950. The zero-order valence-corrected chi connectivity index (χ0v) is 15.3. The lowest BCUT2D eigenvalue weighted by molar-refractivity contribution is 0.0991. The van der Waals surface area contributed by atoms with E-state index in [4.69, 9.17) is 10.5 Å². The summed E-state index contributed by atoms with van der Waals surface area (Å²) in [5, 5.41) is 11.0. The fourth-order valence-electron chi connectivity index (χ4n) is 3.13. The number of primary amides is 1. The molecule has 1 fully saturated rings. The third-order valence-corrected chi connectivity index (χ3v) is 4.57. The van der Waals surface area contributed by atoms with Crippen molar-refractivity contribution in [3.63, 3.8) is 0 Å². The number of carbonyl (C=O) groups excluding carboxylic acids is 1. The number of benzene rings is 1. The molecule has 1 amide bonds. The predicted molar refractivity (Wildman–Crippen MR) is 106 cm³/mol. The van der Waals surface area contributed by atoms with E-state index in [0.29, 0.717) is 18.4 Å². The first-order chi connectivity index (χ1) is 13.7. The number of ether oxygens (including phenoxy) is 1. The zero-order valence-electron chi connectivity index (χ0n) is 15.3. The van der Waals surface area contributed by atoms with Crippen molar-refractivity contribution in [2.45, 2.75) is 19.1 Å². The van der Waals surface area contributed by atoms with Crippen LogP contribution in [-0.4, -0.2) is 39.8 Å². The molecule has 3 heterocycles. The molecule has 1 unspecified atom stereocenters. The molecule has 144 valence electrons. The minimum atomic E-state index is -0.633. The molecule has 3 aromatic rings. The summed E-state index contributed by atoms with van der Waals surface area (Å²) in [5.74, 6) is 0.475. The van der Waals surface area contributed by atoms with Crippen LogP contribution < -0.4 is 21.1 Å². The molecule has 1 atom stereocenters. The van der Waals surface area contributed by atoms with Gasteiger partial charge in [-0.2, -0.15) is 5.10 Å². The van der Waals surface area contributed by atoms with Crippen LogP contribution in [0.5, 0.6) is 5.75 Å². The molecule has 28 heavy (non-hydrogen) atoms. The van der Waals surface area contributed by atoms with E-state index in [2.05, 4.69) is 20.7 Å². The smallest absolute Gasteiger partial charge is 0.273 e. The van der Waals surface area contributed by atoms with Crippen LogP contribution in [0.2, 0.25) is 0 Å². The molecule has 1 saturated heterocycles. The van der Waals surface area contributed by atoms with E-state index >= 15 is 0 Å². The van der Waals surface area contributed by atoms with E-state index in [0.717, 1.165) is 36.6 Å². The van der Waals surface area contributed by atoms with Crippen molar-refractivity contribution < 1.29 is 9.53 Å². The van der Waals surface area contributed by atoms with E-state index in [1.165, 1.54) is 0 Å². The highest BCUT2D eigenvalue weighted by Gasteiger charge is 2.18. The zero-order chi connectivity index (χ0) is 19.3. The first kappa shape index (κ1) is 18.0. The highest BCUT2D eigenvalue weighted by Crippen LogP contribution is 2.22. The average Bonchev–Trinajstić information content (AvgIpc) is 3.37. The molecule has 2 aromatic heterocycles. The van der Waals surface area contributed by atoms with Gasteiger partial charge in [-0.25, -0.2) is 9.67 Å². The molecule has 1 aliphatic heterocycles. The maximum absolute atomic E-state index is 11.8. The molecule has 1 aromatic carbocycles. The Balaban J connectivity index is 1.55. The van der Waals surface area contributed by atoms with Gasteiger partial charge in [0.2, 0.25) is 0 Å². The van der Waals surface area contributed by atoms with Crippen molar-refractivity contribution >= 4 is 11.7 Å². The quantitative estimate of drug-likeness (QED) is 0.578. The minimum absolute atomic E-state index is 0.0993. The standard InChI is InChI=1S/C20H22N6O2/c21-20(27)19-17(28-13-14-4-2-1-3-5-14)12-26(25-19)16-7-9-23-18(10-16)24-15-6-8-22-11-15/h1-5,7,9-10,12,15,22H,6,8,11,13H2,(H2,21,27)(H,23,24). The maximum atomic E-state index is 11.8. The van der Waals surface area contributed by atoms with E-state index in [-0.39, 0.29) is 5.69 Å². The maximum Gasteiger partial charge on any atom is 0.273 e. The fourth-order valence-corrected chi connectivity index (χ4v) is 3.13. The van der Waals surface area contributed by atoms with E-state index in [9.17, 15) is 4.79 Å². The van der Waals surface area contributed by atoms with Gasteiger partial charge in [0.25, 0.3) is 5.91 Å². The van der Waals surface area contributed by atoms with Gasteiger partial charge >= 0.3 is 0 Å². The third-order valence-electron chi connectivity index (χ3n) is 4.57. The number of carbonyl (C=O) groups is 1. The Labute approximate surface area is 162 Å². The SMILES string of the molecule is NC(=O)c1nn(-c2ccnc(NC3CCNC3)c2)cc1OCc1ccccc1. The Hall–Kier alpha value is -3.39. The molecule has 8 heteroatoms.